The van der Waals surface area contributed by atoms with Crippen LogP contribution in [-0.2, 0) is 6.42 Å². The van der Waals surface area contributed by atoms with E-state index < -0.39 is 0 Å². The Morgan fingerprint density at radius 2 is 2.22 bits per heavy atom. The first-order valence-corrected chi connectivity index (χ1v) is 6.21. The van der Waals surface area contributed by atoms with Gasteiger partial charge in [0, 0.05) is 23.6 Å². The molecule has 0 saturated carbocycles. The molecule has 0 fully saturated rings. The lowest BCUT2D eigenvalue weighted by atomic mass is 10.1. The average Bonchev–Trinajstić information content (AvgIpc) is 2.78. The highest BCUT2D eigenvalue weighted by Crippen LogP contribution is 2.28. The van der Waals surface area contributed by atoms with Crippen molar-refractivity contribution in [3.05, 3.63) is 38.9 Å². The van der Waals surface area contributed by atoms with Crippen LogP contribution < -0.4 is 5.73 Å². The number of nitrogens with two attached hydrogens (primary N) is 1. The molecule has 94 valence electrons. The molecular weight excluding hydrogens is 252 g/mol. The van der Waals surface area contributed by atoms with Crippen molar-refractivity contribution >= 4 is 17.0 Å². The SMILES string of the molecule is Cc1ccc(-c2nnc(CCN)s2)cc1[N+](=O)[O-]. The largest absolute Gasteiger partial charge is 0.330 e. The Hall–Kier alpha value is -1.86. The van der Waals surface area contributed by atoms with E-state index in [0.29, 0.717) is 29.1 Å². The molecule has 7 heteroatoms. The van der Waals surface area contributed by atoms with E-state index in [-0.39, 0.29) is 10.6 Å². The van der Waals surface area contributed by atoms with E-state index in [4.69, 9.17) is 5.73 Å². The lowest BCUT2D eigenvalue weighted by Crippen LogP contribution is -2.01. The van der Waals surface area contributed by atoms with Crippen molar-refractivity contribution in [3.8, 4) is 10.6 Å². The summed E-state index contributed by atoms with van der Waals surface area (Å²) in [6, 6.07) is 5.06. The average molecular weight is 264 g/mol. The van der Waals surface area contributed by atoms with Crippen molar-refractivity contribution < 1.29 is 4.92 Å². The van der Waals surface area contributed by atoms with Crippen molar-refractivity contribution in [3.63, 3.8) is 0 Å². The highest BCUT2D eigenvalue weighted by atomic mass is 32.1. The maximum Gasteiger partial charge on any atom is 0.273 e. The van der Waals surface area contributed by atoms with Gasteiger partial charge in [-0.3, -0.25) is 10.1 Å². The third kappa shape index (κ3) is 2.52. The van der Waals surface area contributed by atoms with Crippen molar-refractivity contribution in [1.82, 2.24) is 10.2 Å². The summed E-state index contributed by atoms with van der Waals surface area (Å²) in [5.41, 5.74) is 6.89. The maximum absolute atomic E-state index is 10.9. The Morgan fingerprint density at radius 3 is 2.89 bits per heavy atom. The van der Waals surface area contributed by atoms with Gasteiger partial charge in [0.25, 0.3) is 5.69 Å². The van der Waals surface area contributed by atoms with E-state index in [9.17, 15) is 10.1 Å². The summed E-state index contributed by atoms with van der Waals surface area (Å²) in [7, 11) is 0. The fourth-order valence-electron chi connectivity index (χ4n) is 1.53. The number of nitro groups is 1. The van der Waals surface area contributed by atoms with Gasteiger partial charge in [0.15, 0.2) is 0 Å². The summed E-state index contributed by atoms with van der Waals surface area (Å²) in [4.78, 5) is 10.5. The van der Waals surface area contributed by atoms with E-state index in [2.05, 4.69) is 10.2 Å². The number of benzene rings is 1. The molecule has 0 bridgehead atoms. The van der Waals surface area contributed by atoms with Crippen LogP contribution in [0.4, 0.5) is 5.69 Å². The lowest BCUT2D eigenvalue weighted by Gasteiger charge is -1.99. The summed E-state index contributed by atoms with van der Waals surface area (Å²) in [6.45, 7) is 2.23. The molecule has 1 aromatic carbocycles. The molecule has 0 radical (unpaired) electrons. The number of aryl methyl sites for hydroxylation is 1. The molecule has 0 aliphatic carbocycles. The van der Waals surface area contributed by atoms with E-state index in [1.54, 1.807) is 13.0 Å². The predicted molar refractivity (Wildman–Crippen MR) is 69.5 cm³/mol. The van der Waals surface area contributed by atoms with Crippen LogP contribution in [0.5, 0.6) is 0 Å². The van der Waals surface area contributed by atoms with E-state index in [1.165, 1.54) is 17.4 Å². The highest BCUT2D eigenvalue weighted by molar-refractivity contribution is 7.14. The first-order valence-electron chi connectivity index (χ1n) is 5.39. The first-order chi connectivity index (χ1) is 8.61. The Bertz CT molecular complexity index is 582. The highest BCUT2D eigenvalue weighted by Gasteiger charge is 2.14. The Morgan fingerprint density at radius 1 is 1.44 bits per heavy atom. The molecule has 1 aromatic heterocycles. The number of hydrogen-bond donors (Lipinski definition) is 1. The van der Waals surface area contributed by atoms with Crippen LogP contribution in [0.25, 0.3) is 10.6 Å². The Balaban J connectivity index is 2.38. The summed E-state index contributed by atoms with van der Waals surface area (Å²) in [5, 5.41) is 20.4. The molecule has 0 saturated heterocycles. The Labute approximate surface area is 108 Å². The van der Waals surface area contributed by atoms with Crippen LogP contribution in [0.1, 0.15) is 10.6 Å². The zero-order valence-electron chi connectivity index (χ0n) is 9.79. The number of hydrogen-bond acceptors (Lipinski definition) is 6. The molecule has 2 aromatic rings. The van der Waals surface area contributed by atoms with Gasteiger partial charge in [0.1, 0.15) is 10.0 Å². The summed E-state index contributed by atoms with van der Waals surface area (Å²) >= 11 is 1.41. The second-order valence-electron chi connectivity index (χ2n) is 3.80. The fraction of sp³-hybridized carbons (Fsp3) is 0.273. The normalized spacial score (nSPS) is 10.6. The van der Waals surface area contributed by atoms with Crippen molar-refractivity contribution in [2.24, 2.45) is 5.73 Å². The van der Waals surface area contributed by atoms with Crippen LogP contribution >= 0.6 is 11.3 Å². The quantitative estimate of drug-likeness (QED) is 0.672. The van der Waals surface area contributed by atoms with Gasteiger partial charge >= 0.3 is 0 Å². The lowest BCUT2D eigenvalue weighted by molar-refractivity contribution is -0.385. The van der Waals surface area contributed by atoms with Gasteiger partial charge in [-0.25, -0.2) is 0 Å². The van der Waals surface area contributed by atoms with E-state index >= 15 is 0 Å². The monoisotopic (exact) mass is 264 g/mol. The zero-order valence-corrected chi connectivity index (χ0v) is 10.6. The summed E-state index contributed by atoms with van der Waals surface area (Å²) in [5.74, 6) is 0. The molecule has 0 aliphatic rings. The van der Waals surface area contributed by atoms with Crippen LogP contribution in [-0.4, -0.2) is 21.7 Å². The third-order valence-electron chi connectivity index (χ3n) is 2.48. The Kier molecular flexibility index (Phi) is 3.63. The van der Waals surface area contributed by atoms with Crippen LogP contribution in [0.3, 0.4) is 0 Å². The molecule has 0 atom stereocenters. The molecule has 2 rings (SSSR count). The van der Waals surface area contributed by atoms with Crippen LogP contribution in [0, 0.1) is 17.0 Å². The zero-order chi connectivity index (χ0) is 13.1. The fourth-order valence-corrected chi connectivity index (χ4v) is 2.39. The van der Waals surface area contributed by atoms with Gasteiger partial charge in [-0.15, -0.1) is 10.2 Å². The molecule has 18 heavy (non-hydrogen) atoms. The standard InChI is InChI=1S/C11H12N4O2S/c1-7-2-3-8(6-9(7)15(16)17)11-14-13-10(18-11)4-5-12/h2-3,6H,4-5,12H2,1H3. The minimum atomic E-state index is -0.388. The van der Waals surface area contributed by atoms with Gasteiger partial charge < -0.3 is 5.73 Å². The molecule has 0 unspecified atom stereocenters. The van der Waals surface area contributed by atoms with Crippen LogP contribution in [0.2, 0.25) is 0 Å². The molecule has 0 aliphatic heterocycles. The minimum absolute atomic E-state index is 0.100. The van der Waals surface area contributed by atoms with E-state index in [0.717, 1.165) is 5.01 Å². The number of nitro benzene ring substituents is 1. The topological polar surface area (TPSA) is 94.9 Å². The van der Waals surface area contributed by atoms with E-state index in [1.807, 2.05) is 6.07 Å². The number of nitrogens with zero attached hydrogens (tertiary/aromatic N) is 3. The van der Waals surface area contributed by atoms with Crippen molar-refractivity contribution in [1.29, 1.82) is 0 Å². The second-order valence-corrected chi connectivity index (χ2v) is 4.86. The van der Waals surface area contributed by atoms with Gasteiger partial charge in [-0.1, -0.05) is 23.5 Å². The van der Waals surface area contributed by atoms with Crippen molar-refractivity contribution in [2.45, 2.75) is 13.3 Å². The summed E-state index contributed by atoms with van der Waals surface area (Å²) in [6.07, 6.45) is 0.672. The van der Waals surface area contributed by atoms with Gasteiger partial charge in [-0.05, 0) is 13.5 Å². The third-order valence-corrected chi connectivity index (χ3v) is 3.51. The second kappa shape index (κ2) is 5.19. The van der Waals surface area contributed by atoms with Gasteiger partial charge in [0.2, 0.25) is 0 Å². The molecule has 2 N–H and O–H groups in total. The molecule has 6 nitrogen and oxygen atoms in total. The molecule has 0 spiro atoms. The minimum Gasteiger partial charge on any atom is -0.330 e. The molecule has 1 heterocycles. The molecular formula is C11H12N4O2S. The van der Waals surface area contributed by atoms with Gasteiger partial charge in [-0.2, -0.15) is 0 Å². The predicted octanol–water partition coefficient (Wildman–Crippen LogP) is 1.92. The van der Waals surface area contributed by atoms with Gasteiger partial charge in [0.05, 0.1) is 4.92 Å². The maximum atomic E-state index is 10.9. The molecule has 0 amide bonds. The van der Waals surface area contributed by atoms with Crippen LogP contribution in [0.15, 0.2) is 18.2 Å². The smallest absolute Gasteiger partial charge is 0.273 e. The van der Waals surface area contributed by atoms with Crippen molar-refractivity contribution in [2.75, 3.05) is 6.54 Å². The summed E-state index contributed by atoms with van der Waals surface area (Å²) < 4.78 is 0. The first kappa shape index (κ1) is 12.6. The number of rotatable bonds is 4. The number of aromatic nitrogens is 2.